The second-order valence-electron chi connectivity index (χ2n) is 5.55. The predicted octanol–water partition coefficient (Wildman–Crippen LogP) is 1.80. The highest BCUT2D eigenvalue weighted by Gasteiger charge is 2.28. The van der Waals surface area contributed by atoms with Gasteiger partial charge in [-0.25, -0.2) is 0 Å². The van der Waals surface area contributed by atoms with Crippen LogP contribution < -0.4 is 9.47 Å². The summed E-state index contributed by atoms with van der Waals surface area (Å²) in [5.74, 6) is -0.164. The van der Waals surface area contributed by atoms with E-state index in [9.17, 15) is 9.59 Å². The lowest BCUT2D eigenvalue weighted by atomic mass is 10.0. The van der Waals surface area contributed by atoms with Gasteiger partial charge >= 0.3 is 5.97 Å². The Hall–Kier alpha value is -2.28. The molecular formula is C17H23NO6. The summed E-state index contributed by atoms with van der Waals surface area (Å²) >= 11 is 0. The van der Waals surface area contributed by atoms with Crippen LogP contribution in [0.2, 0.25) is 0 Å². The van der Waals surface area contributed by atoms with Gasteiger partial charge in [0.25, 0.3) is 5.91 Å². The fourth-order valence-electron chi connectivity index (χ4n) is 2.79. The molecule has 1 aliphatic rings. The van der Waals surface area contributed by atoms with E-state index in [1.807, 2.05) is 0 Å². The minimum atomic E-state index is -0.929. The number of carbonyl (C=O) groups is 2. The van der Waals surface area contributed by atoms with Crippen molar-refractivity contribution in [3.8, 4) is 11.5 Å². The predicted molar refractivity (Wildman–Crippen MR) is 86.7 cm³/mol. The molecule has 1 aliphatic heterocycles. The van der Waals surface area contributed by atoms with Gasteiger partial charge in [0.15, 0.2) is 0 Å². The van der Waals surface area contributed by atoms with Gasteiger partial charge in [0.05, 0.1) is 26.2 Å². The molecule has 0 aliphatic carbocycles. The van der Waals surface area contributed by atoms with Crippen LogP contribution >= 0.6 is 0 Å². The Labute approximate surface area is 141 Å². The number of ether oxygens (including phenoxy) is 3. The van der Waals surface area contributed by atoms with E-state index < -0.39 is 5.97 Å². The fraction of sp³-hybridized carbons (Fsp3) is 0.529. The molecule has 7 nitrogen and oxygen atoms in total. The molecule has 0 bridgehead atoms. The number of amides is 1. The highest BCUT2D eigenvalue weighted by molar-refractivity contribution is 5.97. The molecule has 1 amide bonds. The molecular weight excluding hydrogens is 314 g/mol. The third-order valence-corrected chi connectivity index (χ3v) is 4.10. The maximum Gasteiger partial charge on any atom is 0.305 e. The number of benzene rings is 1. The van der Waals surface area contributed by atoms with Crippen molar-refractivity contribution in [1.82, 2.24) is 4.90 Å². The number of nitrogens with zero attached hydrogens (tertiary/aromatic N) is 1. The van der Waals surface area contributed by atoms with Crippen LogP contribution in [-0.4, -0.2) is 61.9 Å². The largest absolute Gasteiger partial charge is 0.497 e. The van der Waals surface area contributed by atoms with E-state index in [1.54, 1.807) is 23.1 Å². The first-order valence-electron chi connectivity index (χ1n) is 7.89. The zero-order valence-corrected chi connectivity index (χ0v) is 14.0. The molecule has 2 rings (SSSR count). The average molecular weight is 337 g/mol. The molecule has 24 heavy (non-hydrogen) atoms. The van der Waals surface area contributed by atoms with Crippen molar-refractivity contribution in [3.63, 3.8) is 0 Å². The molecule has 0 unspecified atom stereocenters. The van der Waals surface area contributed by atoms with Gasteiger partial charge < -0.3 is 24.2 Å². The normalized spacial score (nSPS) is 14.9. The van der Waals surface area contributed by atoms with Crippen molar-refractivity contribution >= 4 is 11.9 Å². The van der Waals surface area contributed by atoms with Crippen molar-refractivity contribution in [2.45, 2.75) is 25.3 Å². The SMILES string of the molecule is COc1ccc(C(=O)N(CCC(=O)O)C2CCOCC2)c(OC)c1. The summed E-state index contributed by atoms with van der Waals surface area (Å²) in [6.45, 7) is 1.30. The quantitative estimate of drug-likeness (QED) is 0.816. The van der Waals surface area contributed by atoms with Crippen LogP contribution in [0.3, 0.4) is 0 Å². The summed E-state index contributed by atoms with van der Waals surface area (Å²) in [6, 6.07) is 4.95. The number of carboxylic acids is 1. The van der Waals surface area contributed by atoms with Crippen LogP contribution in [0.5, 0.6) is 11.5 Å². The van der Waals surface area contributed by atoms with Crippen molar-refractivity contribution < 1.29 is 28.9 Å². The Balaban J connectivity index is 2.26. The minimum absolute atomic E-state index is 0.0302. The van der Waals surface area contributed by atoms with Crippen molar-refractivity contribution in [1.29, 1.82) is 0 Å². The molecule has 0 spiro atoms. The number of hydrogen-bond donors (Lipinski definition) is 1. The first-order chi connectivity index (χ1) is 11.6. The zero-order valence-electron chi connectivity index (χ0n) is 14.0. The molecule has 1 saturated heterocycles. The van der Waals surface area contributed by atoms with E-state index in [4.69, 9.17) is 19.3 Å². The topological polar surface area (TPSA) is 85.3 Å². The number of rotatable bonds is 7. The number of carboxylic acid groups (broad SMARTS) is 1. The summed E-state index contributed by atoms with van der Waals surface area (Å²) < 4.78 is 15.8. The highest BCUT2D eigenvalue weighted by atomic mass is 16.5. The van der Waals surface area contributed by atoms with E-state index in [0.29, 0.717) is 43.1 Å². The highest BCUT2D eigenvalue weighted by Crippen LogP contribution is 2.27. The third-order valence-electron chi connectivity index (χ3n) is 4.10. The fourth-order valence-corrected chi connectivity index (χ4v) is 2.79. The van der Waals surface area contributed by atoms with Crippen molar-refractivity contribution in [3.05, 3.63) is 23.8 Å². The minimum Gasteiger partial charge on any atom is -0.497 e. The number of carbonyl (C=O) groups excluding carboxylic acids is 1. The summed E-state index contributed by atoms with van der Waals surface area (Å²) in [6.07, 6.45) is 1.30. The Morgan fingerprint density at radius 2 is 1.96 bits per heavy atom. The third kappa shape index (κ3) is 4.38. The summed E-state index contributed by atoms with van der Waals surface area (Å²) in [4.78, 5) is 25.6. The second kappa shape index (κ2) is 8.54. The van der Waals surface area contributed by atoms with Gasteiger partial charge in [-0.2, -0.15) is 0 Å². The number of methoxy groups -OCH3 is 2. The van der Waals surface area contributed by atoms with Crippen LogP contribution in [0.15, 0.2) is 18.2 Å². The molecule has 132 valence electrons. The van der Waals surface area contributed by atoms with Crippen LogP contribution in [-0.2, 0) is 9.53 Å². The average Bonchev–Trinajstić information content (AvgIpc) is 2.61. The Kier molecular flexibility index (Phi) is 6.43. The van der Waals surface area contributed by atoms with Crippen molar-refractivity contribution in [2.75, 3.05) is 34.0 Å². The lowest BCUT2D eigenvalue weighted by Crippen LogP contribution is -2.44. The second-order valence-corrected chi connectivity index (χ2v) is 5.55. The Morgan fingerprint density at radius 1 is 1.25 bits per heavy atom. The van der Waals surface area contributed by atoms with Gasteiger partial charge in [0, 0.05) is 31.9 Å². The van der Waals surface area contributed by atoms with Gasteiger partial charge in [0.1, 0.15) is 11.5 Å². The summed E-state index contributed by atoms with van der Waals surface area (Å²) in [7, 11) is 3.03. The smallest absolute Gasteiger partial charge is 0.305 e. The Bertz CT molecular complexity index is 582. The molecule has 0 saturated carbocycles. The molecule has 0 radical (unpaired) electrons. The number of aliphatic carboxylic acids is 1. The van der Waals surface area contributed by atoms with E-state index >= 15 is 0 Å². The standard InChI is InChI=1S/C17H23NO6/c1-22-13-3-4-14(15(11-13)23-2)17(21)18(8-5-16(19)20)12-6-9-24-10-7-12/h3-4,11-12H,5-10H2,1-2H3,(H,19,20). The van der Waals surface area contributed by atoms with Gasteiger partial charge in [-0.1, -0.05) is 0 Å². The van der Waals surface area contributed by atoms with E-state index in [2.05, 4.69) is 0 Å². The molecule has 0 atom stereocenters. The monoisotopic (exact) mass is 337 g/mol. The molecule has 1 fully saturated rings. The van der Waals surface area contributed by atoms with Gasteiger partial charge in [0.2, 0.25) is 0 Å². The van der Waals surface area contributed by atoms with Gasteiger partial charge in [-0.3, -0.25) is 9.59 Å². The van der Waals surface area contributed by atoms with Crippen LogP contribution in [0.25, 0.3) is 0 Å². The van der Waals surface area contributed by atoms with E-state index in [0.717, 1.165) is 0 Å². The van der Waals surface area contributed by atoms with Crippen LogP contribution in [0, 0.1) is 0 Å². The molecule has 7 heteroatoms. The lowest BCUT2D eigenvalue weighted by molar-refractivity contribution is -0.137. The van der Waals surface area contributed by atoms with E-state index in [1.165, 1.54) is 14.2 Å². The molecule has 1 heterocycles. The molecule has 1 aromatic carbocycles. The summed E-state index contributed by atoms with van der Waals surface area (Å²) in [5.41, 5.74) is 0.398. The summed E-state index contributed by atoms with van der Waals surface area (Å²) in [5, 5.41) is 8.98. The van der Waals surface area contributed by atoms with Gasteiger partial charge in [-0.05, 0) is 25.0 Å². The maximum atomic E-state index is 13.0. The maximum absolute atomic E-state index is 13.0. The number of hydrogen-bond acceptors (Lipinski definition) is 5. The van der Waals surface area contributed by atoms with Crippen molar-refractivity contribution in [2.24, 2.45) is 0 Å². The lowest BCUT2D eigenvalue weighted by Gasteiger charge is -2.34. The molecule has 1 N–H and O–H groups in total. The molecule has 1 aromatic rings. The first kappa shape index (κ1) is 18.1. The van der Waals surface area contributed by atoms with Gasteiger partial charge in [-0.15, -0.1) is 0 Å². The van der Waals surface area contributed by atoms with E-state index in [-0.39, 0.29) is 24.9 Å². The van der Waals surface area contributed by atoms with Crippen LogP contribution in [0.4, 0.5) is 0 Å². The zero-order chi connectivity index (χ0) is 17.5. The molecule has 0 aromatic heterocycles. The Morgan fingerprint density at radius 3 is 2.54 bits per heavy atom. The van der Waals surface area contributed by atoms with Crippen LogP contribution in [0.1, 0.15) is 29.6 Å². The first-order valence-corrected chi connectivity index (χ1v) is 7.89.